The second-order valence-corrected chi connectivity index (χ2v) is 8.78. The summed E-state index contributed by atoms with van der Waals surface area (Å²) in [5, 5.41) is 4.96. The quantitative estimate of drug-likeness (QED) is 0.262. The van der Waals surface area contributed by atoms with Gasteiger partial charge in [-0.1, -0.05) is 109 Å². The Morgan fingerprint density at radius 1 is 0.441 bits per heavy atom. The Morgan fingerprint density at radius 3 is 1.53 bits per heavy atom. The highest BCUT2D eigenvalue weighted by Gasteiger charge is 2.17. The van der Waals surface area contributed by atoms with E-state index < -0.39 is 0 Å². The lowest BCUT2D eigenvalue weighted by molar-refractivity contribution is 1.29. The molecule has 0 aliphatic carbocycles. The SMILES string of the molecule is Bc1ccc(-c2ccccc2N(c2ccc3ccccc3c2)c2ccc3ccccc3c2)cc1. The molecule has 1 nitrogen and oxygen atoms in total. The molecule has 0 aliphatic rings. The van der Waals surface area contributed by atoms with Crippen LogP contribution in [0, 0.1) is 0 Å². The fourth-order valence-corrected chi connectivity index (χ4v) is 4.70. The molecular formula is C32H24BN. The topological polar surface area (TPSA) is 3.24 Å². The molecule has 160 valence electrons. The predicted octanol–water partition coefficient (Wildman–Crippen LogP) is 7.39. The van der Waals surface area contributed by atoms with E-state index >= 15 is 0 Å². The number of nitrogens with zero attached hydrogens (tertiary/aromatic N) is 1. The maximum atomic E-state index is 2.38. The van der Waals surface area contributed by atoms with E-state index in [0.717, 1.165) is 17.1 Å². The van der Waals surface area contributed by atoms with Crippen LogP contribution in [0.25, 0.3) is 32.7 Å². The van der Waals surface area contributed by atoms with E-state index in [1.807, 2.05) is 0 Å². The van der Waals surface area contributed by atoms with Crippen LogP contribution >= 0.6 is 0 Å². The zero-order valence-electron chi connectivity index (χ0n) is 19.1. The molecule has 2 heteroatoms. The molecule has 0 N–H and O–H groups in total. The van der Waals surface area contributed by atoms with Gasteiger partial charge in [-0.15, -0.1) is 0 Å². The normalized spacial score (nSPS) is 11.1. The molecule has 0 saturated carbocycles. The molecule has 0 fully saturated rings. The van der Waals surface area contributed by atoms with Crippen LogP contribution in [0.4, 0.5) is 17.1 Å². The summed E-state index contributed by atoms with van der Waals surface area (Å²) in [6.45, 7) is 0. The fraction of sp³-hybridized carbons (Fsp3) is 0. The second-order valence-electron chi connectivity index (χ2n) is 8.78. The molecule has 0 saturated heterocycles. The maximum absolute atomic E-state index is 2.38. The lowest BCUT2D eigenvalue weighted by Crippen LogP contribution is -2.11. The van der Waals surface area contributed by atoms with Crippen molar-refractivity contribution >= 4 is 51.9 Å². The summed E-state index contributed by atoms with van der Waals surface area (Å²) < 4.78 is 0. The molecule has 6 aromatic rings. The van der Waals surface area contributed by atoms with Gasteiger partial charge in [-0.3, -0.25) is 0 Å². The Kier molecular flexibility index (Phi) is 5.12. The largest absolute Gasteiger partial charge is 0.310 e. The minimum absolute atomic E-state index is 1.15. The summed E-state index contributed by atoms with van der Waals surface area (Å²) in [6.07, 6.45) is 0. The van der Waals surface area contributed by atoms with Crippen molar-refractivity contribution in [3.63, 3.8) is 0 Å². The predicted molar refractivity (Wildman–Crippen MR) is 150 cm³/mol. The van der Waals surface area contributed by atoms with Crippen molar-refractivity contribution in [2.45, 2.75) is 0 Å². The van der Waals surface area contributed by atoms with Crippen molar-refractivity contribution in [2.75, 3.05) is 4.90 Å². The Labute approximate surface area is 201 Å². The molecule has 6 aromatic carbocycles. The van der Waals surface area contributed by atoms with Gasteiger partial charge < -0.3 is 4.90 Å². The summed E-state index contributed by atoms with van der Waals surface area (Å²) in [7, 11) is 2.13. The van der Waals surface area contributed by atoms with Gasteiger partial charge in [0.15, 0.2) is 0 Å². The first-order valence-corrected chi connectivity index (χ1v) is 11.7. The Balaban J connectivity index is 1.60. The van der Waals surface area contributed by atoms with Crippen LogP contribution in [-0.2, 0) is 0 Å². The van der Waals surface area contributed by atoms with Gasteiger partial charge in [0.05, 0.1) is 5.69 Å². The molecule has 0 atom stereocenters. The molecule has 0 aliphatic heterocycles. The molecule has 0 radical (unpaired) electrons. The van der Waals surface area contributed by atoms with E-state index in [1.54, 1.807) is 0 Å². The maximum Gasteiger partial charge on any atom is 0.139 e. The number of hydrogen-bond donors (Lipinski definition) is 0. The Morgan fingerprint density at radius 2 is 0.941 bits per heavy atom. The summed E-state index contributed by atoms with van der Waals surface area (Å²) >= 11 is 0. The highest BCUT2D eigenvalue weighted by Crippen LogP contribution is 2.42. The number of hydrogen-bond acceptors (Lipinski definition) is 1. The van der Waals surface area contributed by atoms with Gasteiger partial charge in [0.1, 0.15) is 7.85 Å². The molecule has 0 unspecified atom stereocenters. The Hall–Kier alpha value is -4.30. The van der Waals surface area contributed by atoms with E-state index in [1.165, 1.54) is 38.1 Å². The van der Waals surface area contributed by atoms with Gasteiger partial charge in [-0.2, -0.15) is 0 Å². The lowest BCUT2D eigenvalue weighted by atomic mass is 9.93. The molecule has 0 aromatic heterocycles. The van der Waals surface area contributed by atoms with Crippen LogP contribution in [0.5, 0.6) is 0 Å². The van der Waals surface area contributed by atoms with Crippen molar-refractivity contribution in [1.29, 1.82) is 0 Å². The molecule has 0 spiro atoms. The zero-order chi connectivity index (χ0) is 22.9. The van der Waals surface area contributed by atoms with Crippen LogP contribution in [0.2, 0.25) is 0 Å². The fourth-order valence-electron chi connectivity index (χ4n) is 4.70. The third-order valence-electron chi connectivity index (χ3n) is 6.49. The van der Waals surface area contributed by atoms with Crippen LogP contribution in [-0.4, -0.2) is 7.85 Å². The average Bonchev–Trinajstić information content (AvgIpc) is 2.89. The van der Waals surface area contributed by atoms with Crippen LogP contribution in [0.3, 0.4) is 0 Å². The first kappa shape index (κ1) is 20.3. The molecule has 6 rings (SSSR count). The van der Waals surface area contributed by atoms with E-state index in [4.69, 9.17) is 0 Å². The smallest absolute Gasteiger partial charge is 0.139 e. The minimum Gasteiger partial charge on any atom is -0.310 e. The molecule has 34 heavy (non-hydrogen) atoms. The number of para-hydroxylation sites is 1. The van der Waals surface area contributed by atoms with Crippen LogP contribution in [0.1, 0.15) is 0 Å². The van der Waals surface area contributed by atoms with E-state index in [0.29, 0.717) is 0 Å². The average molecular weight is 433 g/mol. The molecule has 0 bridgehead atoms. The molecule has 0 heterocycles. The summed E-state index contributed by atoms with van der Waals surface area (Å²) in [6, 6.07) is 48.0. The highest BCUT2D eigenvalue weighted by molar-refractivity contribution is 6.32. The summed E-state index contributed by atoms with van der Waals surface area (Å²) in [4.78, 5) is 2.38. The summed E-state index contributed by atoms with van der Waals surface area (Å²) in [5.41, 5.74) is 7.15. The third-order valence-corrected chi connectivity index (χ3v) is 6.49. The van der Waals surface area contributed by atoms with E-state index in [2.05, 4.69) is 146 Å². The monoisotopic (exact) mass is 433 g/mol. The van der Waals surface area contributed by atoms with Gasteiger partial charge in [0, 0.05) is 16.9 Å². The van der Waals surface area contributed by atoms with Crippen LogP contribution in [0.15, 0.2) is 133 Å². The van der Waals surface area contributed by atoms with Crippen molar-refractivity contribution in [1.82, 2.24) is 0 Å². The van der Waals surface area contributed by atoms with Gasteiger partial charge >= 0.3 is 0 Å². The molecular weight excluding hydrogens is 409 g/mol. The number of benzene rings is 6. The Bertz CT molecular complexity index is 1540. The highest BCUT2D eigenvalue weighted by atomic mass is 15.1. The first-order valence-electron chi connectivity index (χ1n) is 11.7. The standard InChI is InChI=1S/C32H24BN/c33-28-17-13-25(14-18-28)31-11-5-6-12-32(31)34(29-19-15-23-7-1-3-9-26(23)21-29)30-20-16-24-8-2-4-10-27(24)22-30/h1-22H,33H2. The first-order chi connectivity index (χ1) is 16.8. The minimum atomic E-state index is 1.15. The second kappa shape index (κ2) is 8.57. The van der Waals surface area contributed by atoms with Crippen molar-refractivity contribution in [2.24, 2.45) is 0 Å². The van der Waals surface area contributed by atoms with Gasteiger partial charge in [-0.05, 0) is 57.4 Å². The van der Waals surface area contributed by atoms with Gasteiger partial charge in [0.25, 0.3) is 0 Å². The van der Waals surface area contributed by atoms with Crippen molar-refractivity contribution in [3.05, 3.63) is 133 Å². The van der Waals surface area contributed by atoms with Crippen LogP contribution < -0.4 is 10.4 Å². The summed E-state index contributed by atoms with van der Waals surface area (Å²) in [5.74, 6) is 0. The number of fused-ring (bicyclic) bond motifs is 2. The number of rotatable bonds is 4. The third kappa shape index (κ3) is 3.74. The lowest BCUT2D eigenvalue weighted by Gasteiger charge is -2.28. The van der Waals surface area contributed by atoms with Crippen molar-refractivity contribution in [3.8, 4) is 11.1 Å². The van der Waals surface area contributed by atoms with Gasteiger partial charge in [-0.25, -0.2) is 0 Å². The zero-order valence-corrected chi connectivity index (χ0v) is 19.1. The van der Waals surface area contributed by atoms with Gasteiger partial charge in [0.2, 0.25) is 0 Å². The van der Waals surface area contributed by atoms with Crippen molar-refractivity contribution < 1.29 is 0 Å². The number of anilines is 3. The van der Waals surface area contributed by atoms with E-state index in [9.17, 15) is 0 Å². The van der Waals surface area contributed by atoms with E-state index in [-0.39, 0.29) is 0 Å². The molecule has 0 amide bonds.